The van der Waals surface area contributed by atoms with Gasteiger partial charge in [0.25, 0.3) is 0 Å². The van der Waals surface area contributed by atoms with Gasteiger partial charge >= 0.3 is 0 Å². The lowest BCUT2D eigenvalue weighted by Crippen LogP contribution is -1.78. The second-order valence-electron chi connectivity index (χ2n) is 7.07. The average molecular weight is 393 g/mol. The summed E-state index contributed by atoms with van der Waals surface area (Å²) in [4.78, 5) is 2.66. The molecule has 0 aliphatic carbocycles. The fourth-order valence-electron chi connectivity index (χ4n) is 3.80. The van der Waals surface area contributed by atoms with Gasteiger partial charge in [-0.05, 0) is 69.1 Å². The average Bonchev–Trinajstić information content (AvgIpc) is 3.37. The Labute approximate surface area is 171 Å². The molecule has 0 N–H and O–H groups in total. The summed E-state index contributed by atoms with van der Waals surface area (Å²) in [6, 6.07) is 35.4. The Kier molecular flexibility index (Phi) is 3.61. The molecule has 4 aromatic carbocycles. The first-order valence-corrected chi connectivity index (χ1v) is 11.0. The number of benzene rings is 4. The minimum Gasteiger partial charge on any atom is -0.135 e. The highest BCUT2D eigenvalue weighted by Gasteiger charge is 2.08. The van der Waals surface area contributed by atoms with E-state index in [-0.39, 0.29) is 0 Å². The molecule has 0 spiro atoms. The maximum atomic E-state index is 2.31. The molecule has 0 aliphatic rings. The summed E-state index contributed by atoms with van der Waals surface area (Å²) in [7, 11) is 0. The van der Waals surface area contributed by atoms with Gasteiger partial charge in [-0.3, -0.25) is 0 Å². The molecule has 0 bridgehead atoms. The monoisotopic (exact) mass is 392 g/mol. The highest BCUT2D eigenvalue weighted by molar-refractivity contribution is 7.22. The fraction of sp³-hybridized carbons (Fsp3) is 0. The van der Waals surface area contributed by atoms with Crippen molar-refractivity contribution in [1.82, 2.24) is 0 Å². The number of fused-ring (bicyclic) bond motifs is 3. The summed E-state index contributed by atoms with van der Waals surface area (Å²) in [6.45, 7) is 0. The van der Waals surface area contributed by atoms with Crippen LogP contribution in [0.3, 0.4) is 0 Å². The van der Waals surface area contributed by atoms with E-state index in [1.807, 2.05) is 22.7 Å². The van der Waals surface area contributed by atoms with E-state index in [0.29, 0.717) is 0 Å². The second-order valence-corrected chi connectivity index (χ2v) is 9.24. The van der Waals surface area contributed by atoms with Crippen LogP contribution in [0.5, 0.6) is 0 Å². The molecule has 0 aliphatic heterocycles. The Morgan fingerprint density at radius 1 is 0.393 bits per heavy atom. The number of hydrogen-bond donors (Lipinski definition) is 0. The summed E-state index contributed by atoms with van der Waals surface area (Å²) in [6.07, 6.45) is 0. The molecular weight excluding hydrogens is 376 g/mol. The van der Waals surface area contributed by atoms with Crippen molar-refractivity contribution in [2.75, 3.05) is 0 Å². The Morgan fingerprint density at radius 3 is 1.32 bits per heavy atom. The van der Waals surface area contributed by atoms with Crippen molar-refractivity contribution in [3.63, 3.8) is 0 Å². The van der Waals surface area contributed by atoms with E-state index in [2.05, 4.69) is 97.1 Å². The van der Waals surface area contributed by atoms with Gasteiger partial charge in [0.1, 0.15) is 0 Å². The lowest BCUT2D eigenvalue weighted by Gasteiger charge is -2.04. The summed E-state index contributed by atoms with van der Waals surface area (Å²) < 4.78 is 2.69. The molecule has 6 aromatic rings. The van der Waals surface area contributed by atoms with Crippen LogP contribution in [0.15, 0.2) is 97.1 Å². The van der Waals surface area contributed by atoms with Gasteiger partial charge < -0.3 is 0 Å². The van der Waals surface area contributed by atoms with Crippen molar-refractivity contribution in [2.45, 2.75) is 0 Å². The molecular formula is C26H16S2. The quantitative estimate of drug-likeness (QED) is 0.277. The maximum Gasteiger partial charge on any atom is 0.0355 e. The minimum atomic E-state index is 1.29. The molecule has 2 heterocycles. The first-order valence-electron chi connectivity index (χ1n) is 9.35. The molecule has 0 nitrogen and oxygen atoms in total. The molecule has 0 fully saturated rings. The number of hydrogen-bond acceptors (Lipinski definition) is 2. The maximum absolute atomic E-state index is 2.31. The van der Waals surface area contributed by atoms with E-state index in [0.717, 1.165) is 0 Å². The second kappa shape index (κ2) is 6.30. The van der Waals surface area contributed by atoms with Crippen LogP contribution in [0, 0.1) is 0 Å². The van der Waals surface area contributed by atoms with E-state index in [1.54, 1.807) is 0 Å². The smallest absolute Gasteiger partial charge is 0.0355 e. The van der Waals surface area contributed by atoms with Crippen LogP contribution in [0.25, 0.3) is 51.8 Å². The molecule has 28 heavy (non-hydrogen) atoms. The summed E-state index contributed by atoms with van der Waals surface area (Å²) >= 11 is 3.73. The van der Waals surface area contributed by atoms with Gasteiger partial charge in [0.05, 0.1) is 0 Å². The molecule has 6 rings (SSSR count). The number of rotatable bonds is 2. The van der Waals surface area contributed by atoms with E-state index in [9.17, 15) is 0 Å². The van der Waals surface area contributed by atoms with Gasteiger partial charge in [-0.15, -0.1) is 22.7 Å². The van der Waals surface area contributed by atoms with E-state index >= 15 is 0 Å². The van der Waals surface area contributed by atoms with Gasteiger partial charge in [-0.2, -0.15) is 0 Å². The van der Waals surface area contributed by atoms with Gasteiger partial charge in [0, 0.05) is 19.2 Å². The highest BCUT2D eigenvalue weighted by Crippen LogP contribution is 2.37. The molecule has 132 valence electrons. The van der Waals surface area contributed by atoms with Crippen molar-refractivity contribution in [1.29, 1.82) is 0 Å². The normalized spacial score (nSPS) is 11.6. The SMILES string of the molecule is c1ccc2sc(-c3ccc4cc(-c5cc6ccccc6s5)ccc4c3)cc2c1. The lowest BCUT2D eigenvalue weighted by atomic mass is 10.0. The lowest BCUT2D eigenvalue weighted by molar-refractivity contribution is 1.73. The zero-order chi connectivity index (χ0) is 18.5. The van der Waals surface area contributed by atoms with Gasteiger partial charge in [-0.25, -0.2) is 0 Å². The molecule has 0 saturated heterocycles. The Hall–Kier alpha value is -2.94. The predicted molar refractivity (Wildman–Crippen MR) is 126 cm³/mol. The van der Waals surface area contributed by atoms with Gasteiger partial charge in [-0.1, -0.05) is 60.7 Å². The van der Waals surface area contributed by atoms with Crippen LogP contribution >= 0.6 is 22.7 Å². The third kappa shape index (κ3) is 2.65. The van der Waals surface area contributed by atoms with Crippen molar-refractivity contribution in [3.05, 3.63) is 97.1 Å². The summed E-state index contributed by atoms with van der Waals surface area (Å²) in [5.41, 5.74) is 2.59. The summed E-state index contributed by atoms with van der Waals surface area (Å²) in [5.74, 6) is 0. The van der Waals surface area contributed by atoms with Crippen molar-refractivity contribution >= 4 is 53.6 Å². The van der Waals surface area contributed by atoms with E-state index < -0.39 is 0 Å². The Balaban J connectivity index is 1.43. The van der Waals surface area contributed by atoms with Crippen molar-refractivity contribution < 1.29 is 0 Å². The molecule has 0 unspecified atom stereocenters. The predicted octanol–water partition coefficient (Wildman–Crippen LogP) is 8.60. The largest absolute Gasteiger partial charge is 0.135 e. The van der Waals surface area contributed by atoms with Crippen molar-refractivity contribution in [3.8, 4) is 20.9 Å². The minimum absolute atomic E-state index is 1.29. The highest BCUT2D eigenvalue weighted by atomic mass is 32.1. The number of thiophene rings is 2. The van der Waals surface area contributed by atoms with Crippen molar-refractivity contribution in [2.24, 2.45) is 0 Å². The third-order valence-electron chi connectivity index (χ3n) is 5.26. The molecule has 0 saturated carbocycles. The van der Waals surface area contributed by atoms with Crippen LogP contribution < -0.4 is 0 Å². The van der Waals surface area contributed by atoms with Crippen LogP contribution in [0.1, 0.15) is 0 Å². The first-order chi connectivity index (χ1) is 13.8. The van der Waals surface area contributed by atoms with E-state index in [4.69, 9.17) is 0 Å². The molecule has 2 aromatic heterocycles. The zero-order valence-electron chi connectivity index (χ0n) is 15.1. The Morgan fingerprint density at radius 2 is 0.857 bits per heavy atom. The van der Waals surface area contributed by atoms with Gasteiger partial charge in [0.2, 0.25) is 0 Å². The zero-order valence-corrected chi connectivity index (χ0v) is 16.7. The fourth-order valence-corrected chi connectivity index (χ4v) is 5.92. The molecule has 0 amide bonds. The van der Waals surface area contributed by atoms with E-state index in [1.165, 1.54) is 51.8 Å². The molecule has 2 heteroatoms. The van der Waals surface area contributed by atoms with Gasteiger partial charge in [0.15, 0.2) is 0 Å². The standard InChI is InChI=1S/C26H16S2/c1-3-7-23-19(5-1)15-25(27-23)21-11-9-18-14-22(12-10-17(18)13-21)26-16-20-6-2-4-8-24(20)28-26/h1-16H. The third-order valence-corrected chi connectivity index (χ3v) is 7.59. The summed E-state index contributed by atoms with van der Waals surface area (Å²) in [5, 5.41) is 5.23. The van der Waals surface area contributed by atoms with Crippen LogP contribution in [0.2, 0.25) is 0 Å². The van der Waals surface area contributed by atoms with Crippen LogP contribution in [-0.4, -0.2) is 0 Å². The molecule has 0 atom stereocenters. The first kappa shape index (κ1) is 16.1. The topological polar surface area (TPSA) is 0 Å². The Bertz CT molecular complexity index is 1290. The van der Waals surface area contributed by atoms with Crippen LogP contribution in [0.4, 0.5) is 0 Å². The molecule has 0 radical (unpaired) electrons. The van der Waals surface area contributed by atoms with Crippen LogP contribution in [-0.2, 0) is 0 Å².